The predicted molar refractivity (Wildman–Crippen MR) is 58.2 cm³/mol. The topological polar surface area (TPSA) is 26.0 Å². The first-order valence-electron chi connectivity index (χ1n) is 4.69. The van der Waals surface area contributed by atoms with Crippen LogP contribution in [-0.4, -0.2) is 5.54 Å². The second-order valence-electron chi connectivity index (χ2n) is 4.36. The highest BCUT2D eigenvalue weighted by molar-refractivity contribution is 4.93. The quantitative estimate of drug-likeness (QED) is 0.647. The highest BCUT2D eigenvalue weighted by Gasteiger charge is 2.22. The molecular formula is C11H25N. The molecule has 0 amide bonds. The van der Waals surface area contributed by atoms with E-state index in [0.717, 1.165) is 6.42 Å². The number of hydrogen-bond donors (Lipinski definition) is 1. The minimum atomic E-state index is -0.0856. The molecule has 74 valence electrons. The third-order valence-corrected chi connectivity index (χ3v) is 1.46. The van der Waals surface area contributed by atoms with Gasteiger partial charge in [-0.2, -0.15) is 0 Å². The summed E-state index contributed by atoms with van der Waals surface area (Å²) in [5.41, 5.74) is 5.93. The number of allylic oxidation sites excluding steroid dienone is 1. The van der Waals surface area contributed by atoms with Gasteiger partial charge < -0.3 is 5.73 Å². The van der Waals surface area contributed by atoms with Gasteiger partial charge >= 0.3 is 0 Å². The van der Waals surface area contributed by atoms with Crippen molar-refractivity contribution in [1.82, 2.24) is 0 Å². The van der Waals surface area contributed by atoms with Crippen molar-refractivity contribution in [3.8, 4) is 0 Å². The molecule has 0 aromatic heterocycles. The van der Waals surface area contributed by atoms with Crippen molar-refractivity contribution >= 4 is 0 Å². The van der Waals surface area contributed by atoms with Crippen LogP contribution >= 0.6 is 0 Å². The minimum absolute atomic E-state index is 0.0856. The van der Waals surface area contributed by atoms with Crippen LogP contribution in [0.4, 0.5) is 0 Å². The Kier molecular flexibility index (Phi) is 6.36. The van der Waals surface area contributed by atoms with Crippen molar-refractivity contribution in [3.05, 3.63) is 12.7 Å². The average Bonchev–Trinajstić information content (AvgIpc) is 1.88. The zero-order valence-corrected chi connectivity index (χ0v) is 9.57. The zero-order chi connectivity index (χ0) is 10.4. The van der Waals surface area contributed by atoms with Gasteiger partial charge in [-0.1, -0.05) is 33.8 Å². The largest absolute Gasteiger partial charge is 0.326 e. The molecule has 0 rings (SSSR count). The van der Waals surface area contributed by atoms with Gasteiger partial charge in [-0.05, 0) is 25.7 Å². The molecule has 0 fully saturated rings. The van der Waals surface area contributed by atoms with Crippen LogP contribution in [-0.2, 0) is 0 Å². The van der Waals surface area contributed by atoms with Crippen LogP contribution in [0, 0.1) is 5.41 Å². The Morgan fingerprint density at radius 2 is 1.50 bits per heavy atom. The summed E-state index contributed by atoms with van der Waals surface area (Å²) in [5, 5.41) is 0. The molecule has 0 bridgehead atoms. The lowest BCUT2D eigenvalue weighted by molar-refractivity contribution is 0.324. The van der Waals surface area contributed by atoms with Gasteiger partial charge in [0.2, 0.25) is 0 Å². The van der Waals surface area contributed by atoms with Gasteiger partial charge in [0, 0.05) is 5.54 Å². The van der Waals surface area contributed by atoms with Crippen molar-refractivity contribution in [1.29, 1.82) is 0 Å². The summed E-state index contributed by atoms with van der Waals surface area (Å²) in [7, 11) is 0. The van der Waals surface area contributed by atoms with E-state index in [1.807, 2.05) is 33.8 Å². The Morgan fingerprint density at radius 1 is 1.17 bits per heavy atom. The Labute approximate surface area is 78.0 Å². The van der Waals surface area contributed by atoms with Crippen molar-refractivity contribution in [2.75, 3.05) is 0 Å². The van der Waals surface area contributed by atoms with Gasteiger partial charge in [0.15, 0.2) is 0 Å². The highest BCUT2D eigenvalue weighted by atomic mass is 14.7. The molecule has 12 heavy (non-hydrogen) atoms. The van der Waals surface area contributed by atoms with E-state index in [1.54, 1.807) is 0 Å². The molecule has 0 aromatic carbocycles. The van der Waals surface area contributed by atoms with E-state index in [4.69, 9.17) is 5.73 Å². The molecule has 0 heterocycles. The summed E-state index contributed by atoms with van der Waals surface area (Å²) in [4.78, 5) is 0. The SMILES string of the molecule is C=CC(C)(C)CC(C)(C)N.CC. The van der Waals surface area contributed by atoms with E-state index in [9.17, 15) is 0 Å². The van der Waals surface area contributed by atoms with Crippen LogP contribution in [0.5, 0.6) is 0 Å². The molecule has 1 heteroatoms. The van der Waals surface area contributed by atoms with E-state index in [2.05, 4.69) is 20.4 Å². The summed E-state index contributed by atoms with van der Waals surface area (Å²) in [6.45, 7) is 16.1. The molecule has 1 nitrogen and oxygen atoms in total. The highest BCUT2D eigenvalue weighted by Crippen LogP contribution is 2.26. The van der Waals surface area contributed by atoms with Crippen LogP contribution in [0.1, 0.15) is 48.0 Å². The lowest BCUT2D eigenvalue weighted by Gasteiger charge is -2.29. The second kappa shape index (κ2) is 5.36. The normalized spacial score (nSPS) is 11.6. The van der Waals surface area contributed by atoms with Crippen molar-refractivity contribution in [3.63, 3.8) is 0 Å². The van der Waals surface area contributed by atoms with Crippen LogP contribution in [0.3, 0.4) is 0 Å². The van der Waals surface area contributed by atoms with E-state index >= 15 is 0 Å². The third-order valence-electron chi connectivity index (χ3n) is 1.46. The molecule has 0 aliphatic rings. The van der Waals surface area contributed by atoms with Gasteiger partial charge in [0.1, 0.15) is 0 Å². The average molecular weight is 171 g/mol. The number of nitrogens with two attached hydrogens (primary N) is 1. The fourth-order valence-electron chi connectivity index (χ4n) is 1.25. The molecule has 0 unspecified atom stereocenters. The van der Waals surface area contributed by atoms with Crippen LogP contribution < -0.4 is 5.73 Å². The summed E-state index contributed by atoms with van der Waals surface area (Å²) in [6, 6.07) is 0. The lowest BCUT2D eigenvalue weighted by Crippen LogP contribution is -2.36. The van der Waals surface area contributed by atoms with Crippen molar-refractivity contribution < 1.29 is 0 Å². The van der Waals surface area contributed by atoms with Gasteiger partial charge in [0.05, 0.1) is 0 Å². The molecule has 0 saturated carbocycles. The fraction of sp³-hybridized carbons (Fsp3) is 0.818. The molecule has 0 aliphatic carbocycles. The minimum Gasteiger partial charge on any atom is -0.326 e. The maximum absolute atomic E-state index is 5.85. The fourth-order valence-corrected chi connectivity index (χ4v) is 1.25. The van der Waals surface area contributed by atoms with Crippen LogP contribution in [0.25, 0.3) is 0 Å². The third kappa shape index (κ3) is 9.70. The standard InChI is InChI=1S/C9H19N.C2H6/c1-6-8(2,3)7-9(4,5)10;1-2/h6H,1,7,10H2,2-5H3;1-2H3. The van der Waals surface area contributed by atoms with Gasteiger partial charge in [-0.15, -0.1) is 6.58 Å². The predicted octanol–water partition coefficient (Wildman–Crippen LogP) is 3.35. The smallest absolute Gasteiger partial charge is 0.0105 e. The van der Waals surface area contributed by atoms with Gasteiger partial charge in [-0.25, -0.2) is 0 Å². The Hall–Kier alpha value is -0.300. The first-order valence-corrected chi connectivity index (χ1v) is 4.69. The van der Waals surface area contributed by atoms with Crippen LogP contribution in [0.2, 0.25) is 0 Å². The maximum Gasteiger partial charge on any atom is 0.0105 e. The molecule has 0 aromatic rings. The monoisotopic (exact) mass is 171 g/mol. The van der Waals surface area contributed by atoms with Crippen molar-refractivity contribution in [2.45, 2.75) is 53.5 Å². The molecule has 0 saturated heterocycles. The van der Waals surface area contributed by atoms with Gasteiger partial charge in [-0.3, -0.25) is 0 Å². The summed E-state index contributed by atoms with van der Waals surface area (Å²) in [5.74, 6) is 0. The maximum atomic E-state index is 5.85. The zero-order valence-electron chi connectivity index (χ0n) is 9.57. The van der Waals surface area contributed by atoms with E-state index in [0.29, 0.717) is 0 Å². The van der Waals surface area contributed by atoms with E-state index < -0.39 is 0 Å². The molecule has 0 spiro atoms. The molecular weight excluding hydrogens is 146 g/mol. The lowest BCUT2D eigenvalue weighted by atomic mass is 9.81. The first kappa shape index (κ1) is 14.2. The van der Waals surface area contributed by atoms with Crippen molar-refractivity contribution in [2.24, 2.45) is 11.1 Å². The molecule has 0 radical (unpaired) electrons. The molecule has 2 N–H and O–H groups in total. The van der Waals surface area contributed by atoms with Crippen LogP contribution in [0.15, 0.2) is 12.7 Å². The summed E-state index contributed by atoms with van der Waals surface area (Å²) < 4.78 is 0. The Morgan fingerprint density at radius 3 is 1.58 bits per heavy atom. The number of rotatable bonds is 3. The molecule has 0 atom stereocenters. The first-order chi connectivity index (χ1) is 5.27. The second-order valence-corrected chi connectivity index (χ2v) is 4.36. The Bertz CT molecular complexity index is 117. The Balaban J connectivity index is 0. The number of hydrogen-bond acceptors (Lipinski definition) is 1. The van der Waals surface area contributed by atoms with Gasteiger partial charge in [0.25, 0.3) is 0 Å². The molecule has 0 aliphatic heterocycles. The van der Waals surface area contributed by atoms with E-state index in [-0.39, 0.29) is 11.0 Å². The summed E-state index contributed by atoms with van der Waals surface area (Å²) >= 11 is 0. The summed E-state index contributed by atoms with van der Waals surface area (Å²) in [6.07, 6.45) is 2.94. The van der Waals surface area contributed by atoms with E-state index in [1.165, 1.54) is 0 Å².